The second-order valence-electron chi connectivity index (χ2n) is 4.59. The second kappa shape index (κ2) is 10.8. The first-order chi connectivity index (χ1) is 10.2. The van der Waals surface area contributed by atoms with E-state index in [4.69, 9.17) is 4.74 Å². The van der Waals surface area contributed by atoms with Crippen LogP contribution in [0.5, 0.6) is 0 Å². The molecule has 0 aromatic carbocycles. The summed E-state index contributed by atoms with van der Waals surface area (Å²) >= 11 is 1.11. The number of unbranched alkanes of at least 4 members (excludes halogenated alkanes) is 3. The molecule has 0 aliphatic heterocycles. The molecule has 0 saturated carbocycles. The van der Waals surface area contributed by atoms with Crippen molar-refractivity contribution in [2.75, 3.05) is 26.0 Å². The third-order valence-corrected chi connectivity index (χ3v) is 5.44. The lowest BCUT2D eigenvalue weighted by atomic mass is 10.2. The average molecular weight is 333 g/mol. The SMILES string of the molecule is CCCCCCS(=O)c1nnc(C(=O)NCCCOC)s1. The van der Waals surface area contributed by atoms with Gasteiger partial charge in [-0.1, -0.05) is 37.5 Å². The first-order valence-electron chi connectivity index (χ1n) is 7.18. The van der Waals surface area contributed by atoms with Gasteiger partial charge in [-0.15, -0.1) is 10.2 Å². The Morgan fingerprint density at radius 2 is 2.10 bits per heavy atom. The lowest BCUT2D eigenvalue weighted by Gasteiger charge is -2.01. The van der Waals surface area contributed by atoms with Crippen LogP contribution in [0.25, 0.3) is 0 Å². The summed E-state index contributed by atoms with van der Waals surface area (Å²) in [6.07, 6.45) is 5.05. The van der Waals surface area contributed by atoms with Gasteiger partial charge in [0.25, 0.3) is 5.91 Å². The highest BCUT2D eigenvalue weighted by Gasteiger charge is 2.15. The van der Waals surface area contributed by atoms with Gasteiger partial charge in [0.05, 0.1) is 10.8 Å². The van der Waals surface area contributed by atoms with Crippen LogP contribution in [0.15, 0.2) is 4.34 Å². The summed E-state index contributed by atoms with van der Waals surface area (Å²) in [5.74, 6) is 0.321. The third kappa shape index (κ3) is 7.10. The molecule has 1 heterocycles. The molecule has 0 radical (unpaired) electrons. The summed E-state index contributed by atoms with van der Waals surface area (Å²) in [6, 6.07) is 0. The molecule has 1 atom stereocenters. The Bertz CT molecular complexity index is 413. The smallest absolute Gasteiger partial charge is 0.282 e. The molecule has 120 valence electrons. The van der Waals surface area contributed by atoms with Gasteiger partial charge < -0.3 is 10.1 Å². The molecule has 0 bridgehead atoms. The van der Waals surface area contributed by atoms with Gasteiger partial charge in [0.1, 0.15) is 0 Å². The molecule has 0 saturated heterocycles. The predicted octanol–water partition coefficient (Wildman–Crippen LogP) is 1.99. The summed E-state index contributed by atoms with van der Waals surface area (Å²) in [5.41, 5.74) is 0. The molecule has 0 spiro atoms. The lowest BCUT2D eigenvalue weighted by molar-refractivity contribution is 0.0947. The molecule has 0 aliphatic carbocycles. The van der Waals surface area contributed by atoms with Crippen LogP contribution in [0.4, 0.5) is 0 Å². The van der Waals surface area contributed by atoms with Crippen molar-refractivity contribution >= 4 is 28.0 Å². The molecule has 1 aromatic heterocycles. The van der Waals surface area contributed by atoms with Gasteiger partial charge in [0.15, 0.2) is 0 Å². The molecular weight excluding hydrogens is 310 g/mol. The Hall–Kier alpha value is -0.860. The maximum Gasteiger partial charge on any atom is 0.282 e. The van der Waals surface area contributed by atoms with Crippen LogP contribution in [0.1, 0.15) is 48.8 Å². The first kappa shape index (κ1) is 18.2. The van der Waals surface area contributed by atoms with Crippen LogP contribution < -0.4 is 5.32 Å². The summed E-state index contributed by atoms with van der Waals surface area (Å²) < 4.78 is 17.4. The predicted molar refractivity (Wildman–Crippen MR) is 84.2 cm³/mol. The van der Waals surface area contributed by atoms with Crippen molar-refractivity contribution in [3.05, 3.63) is 5.01 Å². The van der Waals surface area contributed by atoms with Gasteiger partial charge >= 0.3 is 0 Å². The number of nitrogens with zero attached hydrogens (tertiary/aromatic N) is 2. The quantitative estimate of drug-likeness (QED) is 0.626. The van der Waals surface area contributed by atoms with Gasteiger partial charge in [-0.3, -0.25) is 9.00 Å². The van der Waals surface area contributed by atoms with E-state index in [9.17, 15) is 9.00 Å². The summed E-state index contributed by atoms with van der Waals surface area (Å²) in [4.78, 5) is 11.8. The van der Waals surface area contributed by atoms with E-state index in [-0.39, 0.29) is 10.9 Å². The summed E-state index contributed by atoms with van der Waals surface area (Å²) in [5, 5.41) is 10.7. The monoisotopic (exact) mass is 333 g/mol. The Labute approximate surface area is 132 Å². The third-order valence-electron chi connectivity index (χ3n) is 2.79. The highest BCUT2D eigenvalue weighted by molar-refractivity contribution is 7.87. The molecule has 6 nitrogen and oxygen atoms in total. The normalized spacial score (nSPS) is 12.3. The van der Waals surface area contributed by atoms with Crippen molar-refractivity contribution < 1.29 is 13.7 Å². The van der Waals surface area contributed by atoms with Gasteiger partial charge in [-0.2, -0.15) is 0 Å². The van der Waals surface area contributed by atoms with Gasteiger partial charge in [-0.25, -0.2) is 0 Å². The minimum atomic E-state index is -1.15. The molecule has 1 rings (SSSR count). The Balaban J connectivity index is 2.37. The molecule has 1 amide bonds. The molecule has 0 fully saturated rings. The van der Waals surface area contributed by atoms with Gasteiger partial charge in [0.2, 0.25) is 9.35 Å². The second-order valence-corrected chi connectivity index (χ2v) is 7.31. The topological polar surface area (TPSA) is 81.2 Å². The zero-order valence-electron chi connectivity index (χ0n) is 12.6. The van der Waals surface area contributed by atoms with E-state index in [1.54, 1.807) is 7.11 Å². The number of carbonyl (C=O) groups excluding carboxylic acids is 1. The largest absolute Gasteiger partial charge is 0.385 e. The number of methoxy groups -OCH3 is 1. The molecule has 1 unspecified atom stereocenters. The molecular formula is C13H23N3O3S2. The number of hydrogen-bond acceptors (Lipinski definition) is 6. The number of rotatable bonds is 11. The maximum atomic E-state index is 12.0. The molecule has 1 N–H and O–H groups in total. The van der Waals surface area contributed by atoms with Crippen LogP contribution in [0.3, 0.4) is 0 Å². The van der Waals surface area contributed by atoms with Crippen LogP contribution in [-0.4, -0.2) is 46.3 Å². The maximum absolute atomic E-state index is 12.0. The molecule has 21 heavy (non-hydrogen) atoms. The average Bonchev–Trinajstić information content (AvgIpc) is 2.98. The minimum absolute atomic E-state index is 0.266. The number of hydrogen-bond donors (Lipinski definition) is 1. The van der Waals surface area contributed by atoms with E-state index in [1.807, 2.05) is 0 Å². The van der Waals surface area contributed by atoms with Crippen LogP contribution in [0, 0.1) is 0 Å². The Morgan fingerprint density at radius 1 is 1.29 bits per heavy atom. The molecule has 1 aromatic rings. The van der Waals surface area contributed by atoms with Crippen molar-refractivity contribution in [3.63, 3.8) is 0 Å². The Morgan fingerprint density at radius 3 is 2.81 bits per heavy atom. The number of carbonyl (C=O) groups is 1. The van der Waals surface area contributed by atoms with Gasteiger partial charge in [-0.05, 0) is 12.8 Å². The lowest BCUT2D eigenvalue weighted by Crippen LogP contribution is -2.25. The van der Waals surface area contributed by atoms with Crippen molar-refractivity contribution in [2.24, 2.45) is 0 Å². The van der Waals surface area contributed by atoms with Crippen molar-refractivity contribution in [3.8, 4) is 0 Å². The van der Waals surface area contributed by atoms with E-state index in [0.29, 0.717) is 23.2 Å². The van der Waals surface area contributed by atoms with Crippen molar-refractivity contribution in [1.29, 1.82) is 0 Å². The van der Waals surface area contributed by atoms with Crippen LogP contribution >= 0.6 is 11.3 Å². The zero-order valence-corrected chi connectivity index (χ0v) is 14.2. The van der Waals surface area contributed by atoms with E-state index >= 15 is 0 Å². The van der Waals surface area contributed by atoms with Crippen molar-refractivity contribution in [2.45, 2.75) is 43.4 Å². The molecule has 8 heteroatoms. The highest BCUT2D eigenvalue weighted by atomic mass is 32.2. The fourth-order valence-electron chi connectivity index (χ4n) is 1.63. The number of amides is 1. The minimum Gasteiger partial charge on any atom is -0.385 e. The highest BCUT2D eigenvalue weighted by Crippen LogP contribution is 2.15. The number of aromatic nitrogens is 2. The van der Waals surface area contributed by atoms with E-state index < -0.39 is 10.8 Å². The number of nitrogens with one attached hydrogen (secondary N) is 1. The standard InChI is InChI=1S/C13H23N3O3S2/c1-3-4-5-6-10-21(18)13-16-15-12(20-13)11(17)14-8-7-9-19-2/h3-10H2,1-2H3,(H,14,17). The van der Waals surface area contributed by atoms with Crippen LogP contribution in [0.2, 0.25) is 0 Å². The van der Waals surface area contributed by atoms with Crippen molar-refractivity contribution in [1.82, 2.24) is 15.5 Å². The molecule has 0 aliphatic rings. The zero-order chi connectivity index (χ0) is 15.5. The van der Waals surface area contributed by atoms with Crippen LogP contribution in [-0.2, 0) is 15.5 Å². The van der Waals surface area contributed by atoms with E-state index in [2.05, 4.69) is 22.4 Å². The van der Waals surface area contributed by atoms with E-state index in [0.717, 1.165) is 43.4 Å². The first-order valence-corrected chi connectivity index (χ1v) is 9.31. The fraction of sp³-hybridized carbons (Fsp3) is 0.769. The number of ether oxygens (including phenoxy) is 1. The summed E-state index contributed by atoms with van der Waals surface area (Å²) in [6.45, 7) is 3.27. The van der Waals surface area contributed by atoms with Gasteiger partial charge in [0, 0.05) is 26.0 Å². The summed E-state index contributed by atoms with van der Waals surface area (Å²) in [7, 11) is 0.473. The van der Waals surface area contributed by atoms with E-state index in [1.165, 1.54) is 0 Å². The fourth-order valence-corrected chi connectivity index (χ4v) is 3.76. The Kier molecular flexibility index (Phi) is 9.36.